The number of hydrogen-bond acceptors (Lipinski definition) is 6. The van der Waals surface area contributed by atoms with Gasteiger partial charge in [-0.3, -0.25) is 4.79 Å². The van der Waals surface area contributed by atoms with Crippen molar-refractivity contribution in [2.24, 2.45) is 28.6 Å². The fourth-order valence-electron chi connectivity index (χ4n) is 8.19. The Morgan fingerprint density at radius 2 is 1.97 bits per heavy atom. The predicted octanol–water partition coefficient (Wildman–Crippen LogP) is 3.33. The van der Waals surface area contributed by atoms with Crippen LogP contribution in [0.15, 0.2) is 23.8 Å². The molecule has 0 aromatic heterocycles. The lowest BCUT2D eigenvalue weighted by molar-refractivity contribution is -0.210. The molecule has 6 heteroatoms. The molecule has 4 fully saturated rings. The SMILES string of the molecule is COC(=O)[C@H]1OC(C)(C)O[C@@]12CC[C@H]1[C@@H]3CCC4=CC(=O)C=C[C@]4(C)[C@H]3C(O)C[C@@]12C. The van der Waals surface area contributed by atoms with Crippen LogP contribution in [0.1, 0.15) is 59.8 Å². The summed E-state index contributed by atoms with van der Waals surface area (Å²) in [4.78, 5) is 24.8. The smallest absolute Gasteiger partial charge is 0.338 e. The molecule has 1 heterocycles. The molecule has 0 amide bonds. The van der Waals surface area contributed by atoms with E-state index in [1.54, 1.807) is 12.2 Å². The van der Waals surface area contributed by atoms with Crippen molar-refractivity contribution in [1.82, 2.24) is 0 Å². The predicted molar refractivity (Wildman–Crippen MR) is 113 cm³/mol. The molecule has 3 saturated carbocycles. The van der Waals surface area contributed by atoms with Gasteiger partial charge in [-0.2, -0.15) is 0 Å². The van der Waals surface area contributed by atoms with Crippen LogP contribution >= 0.6 is 0 Å². The Labute approximate surface area is 184 Å². The summed E-state index contributed by atoms with van der Waals surface area (Å²) in [6, 6.07) is 0. The van der Waals surface area contributed by atoms with Gasteiger partial charge < -0.3 is 19.3 Å². The van der Waals surface area contributed by atoms with Gasteiger partial charge in [-0.15, -0.1) is 0 Å². The van der Waals surface area contributed by atoms with Gasteiger partial charge in [-0.25, -0.2) is 4.79 Å². The van der Waals surface area contributed by atoms with Gasteiger partial charge in [-0.1, -0.05) is 25.5 Å². The molecule has 1 N–H and O–H groups in total. The highest BCUT2D eigenvalue weighted by Crippen LogP contribution is 2.70. The van der Waals surface area contributed by atoms with Crippen molar-refractivity contribution in [1.29, 1.82) is 0 Å². The second-order valence-corrected chi connectivity index (χ2v) is 11.2. The van der Waals surface area contributed by atoms with Crippen molar-refractivity contribution in [3.63, 3.8) is 0 Å². The molecule has 1 aliphatic heterocycles. The highest BCUT2D eigenvalue weighted by molar-refractivity contribution is 6.01. The molecule has 1 unspecified atom stereocenters. The quantitative estimate of drug-likeness (QED) is 0.643. The maximum atomic E-state index is 12.8. The lowest BCUT2D eigenvalue weighted by Crippen LogP contribution is -2.62. The Morgan fingerprint density at radius 3 is 2.68 bits per heavy atom. The van der Waals surface area contributed by atoms with Crippen LogP contribution in [-0.2, 0) is 23.8 Å². The van der Waals surface area contributed by atoms with Crippen molar-refractivity contribution in [2.45, 2.75) is 83.4 Å². The summed E-state index contributed by atoms with van der Waals surface area (Å²) in [5.74, 6) is -0.607. The lowest BCUT2D eigenvalue weighted by Gasteiger charge is -2.60. The Bertz CT molecular complexity index is 888. The molecule has 5 aliphatic rings. The first-order valence-corrected chi connectivity index (χ1v) is 11.6. The lowest BCUT2D eigenvalue weighted by atomic mass is 9.46. The van der Waals surface area contributed by atoms with Crippen LogP contribution in [0.2, 0.25) is 0 Å². The average Bonchev–Trinajstić information content (AvgIpc) is 3.14. The number of allylic oxidation sites excluding steroid dienone is 4. The minimum atomic E-state index is -0.889. The Morgan fingerprint density at radius 1 is 1.23 bits per heavy atom. The second-order valence-electron chi connectivity index (χ2n) is 11.2. The van der Waals surface area contributed by atoms with E-state index in [0.29, 0.717) is 24.7 Å². The molecule has 0 radical (unpaired) electrons. The molecular formula is C25H34O6. The zero-order chi connectivity index (χ0) is 22.4. The molecular weight excluding hydrogens is 396 g/mol. The summed E-state index contributed by atoms with van der Waals surface area (Å²) < 4.78 is 17.8. The fourth-order valence-corrected chi connectivity index (χ4v) is 8.19. The van der Waals surface area contributed by atoms with Gasteiger partial charge >= 0.3 is 5.97 Å². The monoisotopic (exact) mass is 430 g/mol. The van der Waals surface area contributed by atoms with Crippen molar-refractivity contribution < 1.29 is 28.9 Å². The van der Waals surface area contributed by atoms with Crippen LogP contribution in [0.3, 0.4) is 0 Å². The summed E-state index contributed by atoms with van der Waals surface area (Å²) in [6.45, 7) is 8.04. The number of carbonyl (C=O) groups is 2. The van der Waals surface area contributed by atoms with E-state index in [1.165, 1.54) is 7.11 Å². The number of ketones is 1. The molecule has 31 heavy (non-hydrogen) atoms. The maximum absolute atomic E-state index is 12.8. The standard InChI is InChI=1S/C25H34O6/c1-22(2)30-20(21(28)29-5)25(31-22)11-9-17-16-7-6-14-12-15(26)8-10-23(14,3)19(16)18(27)13-24(17,25)4/h8,10,12,16-20,27H,6-7,9,11,13H2,1-5H3/t16-,17-,18?,19+,20+,23-,24-,25-/m0/s1. The van der Waals surface area contributed by atoms with Gasteiger partial charge in [-0.05, 0) is 69.9 Å². The summed E-state index contributed by atoms with van der Waals surface area (Å²) in [7, 11) is 1.39. The number of ether oxygens (including phenoxy) is 3. The highest BCUT2D eigenvalue weighted by atomic mass is 16.8. The van der Waals surface area contributed by atoms with Crippen molar-refractivity contribution in [3.8, 4) is 0 Å². The minimum Gasteiger partial charge on any atom is -0.467 e. The van der Waals surface area contributed by atoms with Crippen LogP contribution in [0, 0.1) is 28.6 Å². The zero-order valence-electron chi connectivity index (χ0n) is 19.1. The van der Waals surface area contributed by atoms with Crippen LogP contribution < -0.4 is 0 Å². The molecule has 0 bridgehead atoms. The third-order valence-corrected chi connectivity index (χ3v) is 9.35. The van der Waals surface area contributed by atoms with E-state index in [2.05, 4.69) is 13.8 Å². The molecule has 5 rings (SSSR count). The third-order valence-electron chi connectivity index (χ3n) is 9.35. The second kappa shape index (κ2) is 6.52. The molecule has 4 aliphatic carbocycles. The van der Waals surface area contributed by atoms with E-state index in [4.69, 9.17) is 14.2 Å². The van der Waals surface area contributed by atoms with Crippen molar-refractivity contribution in [3.05, 3.63) is 23.8 Å². The summed E-state index contributed by atoms with van der Waals surface area (Å²) in [6.07, 6.45) is 8.08. The van der Waals surface area contributed by atoms with E-state index in [1.807, 2.05) is 19.9 Å². The Kier molecular flexibility index (Phi) is 4.49. The van der Waals surface area contributed by atoms with E-state index < -0.39 is 35.0 Å². The number of methoxy groups -OCH3 is 1. The topological polar surface area (TPSA) is 82.1 Å². The normalized spacial score (nSPS) is 49.9. The summed E-state index contributed by atoms with van der Waals surface area (Å²) >= 11 is 0. The van der Waals surface area contributed by atoms with E-state index >= 15 is 0 Å². The number of aliphatic hydroxyl groups excluding tert-OH is 1. The van der Waals surface area contributed by atoms with Crippen LogP contribution in [0.4, 0.5) is 0 Å². The molecule has 1 spiro atoms. The van der Waals surface area contributed by atoms with Gasteiger partial charge in [0.05, 0.1) is 13.2 Å². The molecule has 0 aromatic carbocycles. The van der Waals surface area contributed by atoms with E-state index in [-0.39, 0.29) is 17.1 Å². The van der Waals surface area contributed by atoms with Gasteiger partial charge in [0.25, 0.3) is 0 Å². The number of rotatable bonds is 1. The van der Waals surface area contributed by atoms with Crippen molar-refractivity contribution in [2.75, 3.05) is 7.11 Å². The minimum absolute atomic E-state index is 0.0422. The van der Waals surface area contributed by atoms with Gasteiger partial charge in [0.15, 0.2) is 17.7 Å². The highest BCUT2D eigenvalue weighted by Gasteiger charge is 2.74. The number of carbonyl (C=O) groups excluding carboxylic acids is 2. The molecule has 0 aromatic rings. The van der Waals surface area contributed by atoms with Gasteiger partial charge in [0.1, 0.15) is 5.60 Å². The first kappa shape index (κ1) is 21.4. The van der Waals surface area contributed by atoms with Crippen LogP contribution in [0.25, 0.3) is 0 Å². The first-order chi connectivity index (χ1) is 14.5. The van der Waals surface area contributed by atoms with Crippen LogP contribution in [-0.4, -0.2) is 47.6 Å². The van der Waals surface area contributed by atoms with Crippen molar-refractivity contribution >= 4 is 11.8 Å². The molecule has 8 atom stereocenters. The van der Waals surface area contributed by atoms with E-state index in [0.717, 1.165) is 24.8 Å². The van der Waals surface area contributed by atoms with E-state index in [9.17, 15) is 14.7 Å². The maximum Gasteiger partial charge on any atom is 0.338 e. The summed E-state index contributed by atoms with van der Waals surface area (Å²) in [5.41, 5.74) is -0.381. The Hall–Kier alpha value is -1.50. The molecule has 170 valence electrons. The number of hydrogen-bond donors (Lipinski definition) is 1. The number of fused-ring (bicyclic) bond motifs is 6. The Balaban J connectivity index is 1.56. The molecule has 1 saturated heterocycles. The number of esters is 1. The molecule has 6 nitrogen and oxygen atoms in total. The van der Waals surface area contributed by atoms with Gasteiger partial charge in [0, 0.05) is 16.7 Å². The van der Waals surface area contributed by atoms with Crippen LogP contribution in [0.5, 0.6) is 0 Å². The zero-order valence-corrected chi connectivity index (χ0v) is 19.1. The number of aliphatic hydroxyl groups is 1. The summed E-state index contributed by atoms with van der Waals surface area (Å²) in [5, 5.41) is 11.6. The fraction of sp³-hybridized carbons (Fsp3) is 0.760. The average molecular weight is 431 g/mol. The largest absolute Gasteiger partial charge is 0.467 e. The third kappa shape index (κ3) is 2.67. The van der Waals surface area contributed by atoms with Gasteiger partial charge in [0.2, 0.25) is 0 Å². The first-order valence-electron chi connectivity index (χ1n) is 11.6.